The van der Waals surface area contributed by atoms with Crippen LogP contribution < -0.4 is 0 Å². The predicted molar refractivity (Wildman–Crippen MR) is 46.0 cm³/mol. The standard InChI is InChI=1S/C7H13.HI.Zn/c1-7-5-3-2-4-6-7;;/h3,7H,2,4-6H2,1H3;1H;/q-1;;+2/p-1. The van der Waals surface area contributed by atoms with E-state index in [1.807, 2.05) is 0 Å². The Labute approximate surface area is 79.0 Å². The topological polar surface area (TPSA) is 0 Å². The molecule has 1 aliphatic rings. The van der Waals surface area contributed by atoms with Crippen molar-refractivity contribution >= 4 is 19.8 Å². The molecule has 0 heterocycles. The van der Waals surface area contributed by atoms with Gasteiger partial charge in [0.15, 0.2) is 0 Å². The Balaban J connectivity index is 0.000000291. The van der Waals surface area contributed by atoms with E-state index in [0.717, 1.165) is 5.92 Å². The molecule has 0 N–H and O–H groups in total. The van der Waals surface area contributed by atoms with E-state index in [4.69, 9.17) is 0 Å². The average Bonchev–Trinajstić information content (AvgIpc) is 1.94. The Morgan fingerprint density at radius 2 is 2.22 bits per heavy atom. The summed E-state index contributed by atoms with van der Waals surface area (Å²) in [6.45, 7) is 2.33. The molecule has 1 atom stereocenters. The minimum atomic E-state index is 0.980. The van der Waals surface area contributed by atoms with Gasteiger partial charge in [0, 0.05) is 0 Å². The van der Waals surface area contributed by atoms with Crippen LogP contribution in [0, 0.1) is 12.3 Å². The maximum atomic E-state index is 2.41. The molecule has 50 valence electrons. The van der Waals surface area contributed by atoms with E-state index < -0.39 is 0 Å². The molecule has 1 aliphatic carbocycles. The second-order valence-corrected chi connectivity index (χ2v) is 2.56. The summed E-state index contributed by atoms with van der Waals surface area (Å²) < 4.78 is 0. The van der Waals surface area contributed by atoms with Crippen molar-refractivity contribution in [2.75, 3.05) is 0 Å². The van der Waals surface area contributed by atoms with Crippen molar-refractivity contribution in [3.05, 3.63) is 6.42 Å². The normalized spacial score (nSPS) is 26.4. The second kappa shape index (κ2) is 7.46. The van der Waals surface area contributed by atoms with Crippen LogP contribution in [-0.4, -0.2) is 0 Å². The van der Waals surface area contributed by atoms with Gasteiger partial charge in [-0.15, -0.1) is 0 Å². The molecule has 1 fully saturated rings. The molecule has 0 bridgehead atoms. The first-order valence-corrected chi connectivity index (χ1v) is 12.5. The van der Waals surface area contributed by atoms with E-state index in [-0.39, 0.29) is 0 Å². The number of rotatable bonds is 0. The zero-order valence-electron chi connectivity index (χ0n) is 6.07. The van der Waals surface area contributed by atoms with Crippen LogP contribution in [0.1, 0.15) is 32.6 Å². The van der Waals surface area contributed by atoms with Gasteiger partial charge in [-0.05, 0) is 0 Å². The molecule has 0 aromatic carbocycles. The summed E-state index contributed by atoms with van der Waals surface area (Å²) in [4.78, 5) is 0. The molecule has 0 aromatic heterocycles. The summed E-state index contributed by atoms with van der Waals surface area (Å²) in [6.07, 6.45) is 8.02. The summed E-state index contributed by atoms with van der Waals surface area (Å²) in [5.74, 6) is 0.980. The molecule has 0 saturated heterocycles. The third kappa shape index (κ3) is 5.78. The van der Waals surface area contributed by atoms with Crippen molar-refractivity contribution in [2.45, 2.75) is 32.6 Å². The van der Waals surface area contributed by atoms with E-state index in [1.54, 1.807) is 0 Å². The third-order valence-corrected chi connectivity index (χ3v) is 1.67. The van der Waals surface area contributed by atoms with Gasteiger partial charge in [0.1, 0.15) is 0 Å². The van der Waals surface area contributed by atoms with Crippen LogP contribution in [0.15, 0.2) is 0 Å². The van der Waals surface area contributed by atoms with Crippen molar-refractivity contribution < 1.29 is 14.8 Å². The Hall–Kier alpha value is 1.35. The summed E-state index contributed by atoms with van der Waals surface area (Å²) in [7, 11) is 0. The maximum absolute atomic E-state index is 2.41. The molecule has 0 radical (unpaired) electrons. The Kier molecular flexibility index (Phi) is 8.58. The summed E-state index contributed by atoms with van der Waals surface area (Å²) in [6, 6.07) is 0. The third-order valence-electron chi connectivity index (χ3n) is 1.67. The predicted octanol–water partition coefficient (Wildman–Crippen LogP) is 3.28. The van der Waals surface area contributed by atoms with Crippen LogP contribution >= 0.6 is 19.8 Å². The van der Waals surface area contributed by atoms with Crippen LogP contribution in [0.25, 0.3) is 0 Å². The second-order valence-electron chi connectivity index (χ2n) is 2.56. The molecule has 9 heavy (non-hydrogen) atoms. The van der Waals surface area contributed by atoms with Crippen LogP contribution in [0.4, 0.5) is 0 Å². The van der Waals surface area contributed by atoms with Gasteiger partial charge in [0.2, 0.25) is 0 Å². The van der Waals surface area contributed by atoms with E-state index in [0.29, 0.717) is 0 Å². The Morgan fingerprint density at radius 3 is 2.44 bits per heavy atom. The summed E-state index contributed by atoms with van der Waals surface area (Å²) in [5, 5.41) is 0. The fourth-order valence-corrected chi connectivity index (χ4v) is 1.13. The minimum absolute atomic E-state index is 0.980. The van der Waals surface area contributed by atoms with Crippen LogP contribution in [0.3, 0.4) is 0 Å². The van der Waals surface area contributed by atoms with Crippen molar-refractivity contribution in [2.24, 2.45) is 5.92 Å². The van der Waals surface area contributed by atoms with Crippen molar-refractivity contribution in [3.63, 3.8) is 0 Å². The Morgan fingerprint density at radius 1 is 1.56 bits per heavy atom. The van der Waals surface area contributed by atoms with Gasteiger partial charge < -0.3 is 6.42 Å². The van der Waals surface area contributed by atoms with Gasteiger partial charge >= 0.3 is 34.5 Å². The first-order chi connectivity index (χ1) is 4.39. The molecule has 0 spiro atoms. The van der Waals surface area contributed by atoms with Gasteiger partial charge in [-0.1, -0.05) is 25.7 Å². The van der Waals surface area contributed by atoms with E-state index in [9.17, 15) is 0 Å². The molecule has 2 heteroatoms. The zero-order chi connectivity index (χ0) is 7.11. The first kappa shape index (κ1) is 10.4. The van der Waals surface area contributed by atoms with Crippen LogP contribution in [0.2, 0.25) is 0 Å². The molecule has 1 rings (SSSR count). The van der Waals surface area contributed by atoms with Crippen LogP contribution in [0.5, 0.6) is 0 Å². The molecular weight excluding hydrogens is 276 g/mol. The fraction of sp³-hybridized carbons (Fsp3) is 0.857. The van der Waals surface area contributed by atoms with E-state index in [1.165, 1.54) is 40.5 Å². The van der Waals surface area contributed by atoms with Gasteiger partial charge in [0.05, 0.1) is 0 Å². The van der Waals surface area contributed by atoms with Crippen molar-refractivity contribution in [1.29, 1.82) is 0 Å². The van der Waals surface area contributed by atoms with Crippen molar-refractivity contribution in [3.8, 4) is 0 Å². The molecule has 0 aliphatic heterocycles. The molecular formula is C7H13IZn. The van der Waals surface area contributed by atoms with E-state index >= 15 is 0 Å². The number of halogens is 1. The van der Waals surface area contributed by atoms with Gasteiger partial charge in [-0.3, -0.25) is 0 Å². The Bertz CT molecular complexity index is 50.9. The monoisotopic (exact) mass is 288 g/mol. The van der Waals surface area contributed by atoms with Crippen molar-refractivity contribution in [1.82, 2.24) is 0 Å². The quantitative estimate of drug-likeness (QED) is 0.365. The average molecular weight is 289 g/mol. The molecule has 1 saturated carbocycles. The number of hydrogen-bond acceptors (Lipinski definition) is 0. The van der Waals surface area contributed by atoms with Gasteiger partial charge in [0.25, 0.3) is 0 Å². The molecule has 1 unspecified atom stereocenters. The summed E-state index contributed by atoms with van der Waals surface area (Å²) in [5.41, 5.74) is 0. The molecule has 0 nitrogen and oxygen atoms in total. The SMILES string of the molecule is CC1C[CH-]CCC1.[Zn+][I]. The summed E-state index contributed by atoms with van der Waals surface area (Å²) >= 11 is 3.62. The fourth-order valence-electron chi connectivity index (χ4n) is 1.13. The van der Waals surface area contributed by atoms with E-state index in [2.05, 4.69) is 33.1 Å². The number of hydrogen-bond donors (Lipinski definition) is 0. The van der Waals surface area contributed by atoms with Gasteiger partial charge in [-0.2, -0.15) is 12.8 Å². The molecule has 0 aromatic rings. The van der Waals surface area contributed by atoms with Gasteiger partial charge in [-0.25, -0.2) is 0 Å². The van der Waals surface area contributed by atoms with Crippen LogP contribution in [-0.2, 0) is 14.8 Å². The first-order valence-electron chi connectivity index (χ1n) is 3.48. The molecule has 0 amide bonds. The zero-order valence-corrected chi connectivity index (χ0v) is 11.2.